The molecule has 1 fully saturated rings. The summed E-state index contributed by atoms with van der Waals surface area (Å²) in [5.41, 5.74) is 4.37. The maximum absolute atomic E-state index is 4.91. The van der Waals surface area contributed by atoms with Crippen LogP contribution >= 0.6 is 11.3 Å². The Balaban J connectivity index is 1.62. The largest absolute Gasteiger partial charge is 0.359 e. The van der Waals surface area contributed by atoms with E-state index < -0.39 is 0 Å². The van der Waals surface area contributed by atoms with Crippen molar-refractivity contribution in [3.8, 4) is 11.5 Å². The van der Waals surface area contributed by atoms with Crippen molar-refractivity contribution < 1.29 is 0 Å². The molecule has 5 nitrogen and oxygen atoms in total. The van der Waals surface area contributed by atoms with E-state index in [4.69, 9.17) is 4.98 Å². The van der Waals surface area contributed by atoms with Crippen LogP contribution in [0, 0.1) is 5.92 Å². The fraction of sp³-hybridized carbons (Fsp3) is 0.368. The van der Waals surface area contributed by atoms with Crippen LogP contribution in [-0.2, 0) is 6.54 Å². The van der Waals surface area contributed by atoms with Gasteiger partial charge in [-0.25, -0.2) is 4.98 Å². The molecule has 1 aliphatic rings. The quantitative estimate of drug-likeness (QED) is 0.583. The zero-order valence-corrected chi connectivity index (χ0v) is 14.9. The van der Waals surface area contributed by atoms with E-state index in [2.05, 4.69) is 37.4 Å². The molecule has 2 N–H and O–H groups in total. The van der Waals surface area contributed by atoms with Gasteiger partial charge < -0.3 is 14.9 Å². The molecule has 0 saturated carbocycles. The normalized spacial score (nSPS) is 16.2. The van der Waals surface area contributed by atoms with Crippen molar-refractivity contribution in [1.29, 1.82) is 0 Å². The molecule has 6 heteroatoms. The molecule has 0 radical (unpaired) electrons. The van der Waals surface area contributed by atoms with Crippen molar-refractivity contribution in [1.82, 2.24) is 24.8 Å². The first-order valence-corrected chi connectivity index (χ1v) is 9.85. The van der Waals surface area contributed by atoms with Gasteiger partial charge in [0.05, 0.1) is 27.6 Å². The molecule has 0 aromatic carbocycles. The van der Waals surface area contributed by atoms with Crippen molar-refractivity contribution in [2.75, 3.05) is 13.1 Å². The van der Waals surface area contributed by atoms with Crippen molar-refractivity contribution in [3.05, 3.63) is 36.0 Å². The van der Waals surface area contributed by atoms with Crippen LogP contribution in [0.3, 0.4) is 0 Å². The molecular formula is C19H21N5S. The van der Waals surface area contributed by atoms with E-state index in [1.165, 1.54) is 29.5 Å². The molecule has 1 saturated heterocycles. The molecule has 4 aromatic heterocycles. The fourth-order valence-corrected chi connectivity index (χ4v) is 4.79. The lowest BCUT2D eigenvalue weighted by Crippen LogP contribution is -2.28. The van der Waals surface area contributed by atoms with Gasteiger partial charge in [0, 0.05) is 12.7 Å². The van der Waals surface area contributed by atoms with Gasteiger partial charge in [0.15, 0.2) is 5.82 Å². The predicted molar refractivity (Wildman–Crippen MR) is 103 cm³/mol. The van der Waals surface area contributed by atoms with Crippen LogP contribution in [-0.4, -0.2) is 32.6 Å². The van der Waals surface area contributed by atoms with Crippen molar-refractivity contribution in [2.45, 2.75) is 25.8 Å². The summed E-state index contributed by atoms with van der Waals surface area (Å²) in [6.45, 7) is 3.31. The Morgan fingerprint density at radius 2 is 2.12 bits per heavy atom. The van der Waals surface area contributed by atoms with Gasteiger partial charge in [-0.1, -0.05) is 0 Å². The third-order valence-corrected chi connectivity index (χ3v) is 6.15. The fourth-order valence-electron chi connectivity index (χ4n) is 3.89. The third-order valence-electron chi connectivity index (χ3n) is 5.24. The van der Waals surface area contributed by atoms with Crippen LogP contribution < -0.4 is 5.32 Å². The molecule has 0 unspecified atom stereocenters. The SMILES string of the molecule is c1c[nH]c(-c2nc3cnc4ccsc4c3n2CCC2CCNCC2)c1. The Morgan fingerprint density at radius 3 is 2.96 bits per heavy atom. The highest BCUT2D eigenvalue weighted by Crippen LogP contribution is 2.32. The van der Waals surface area contributed by atoms with E-state index in [0.29, 0.717) is 0 Å². The highest BCUT2D eigenvalue weighted by atomic mass is 32.1. The molecule has 4 aromatic rings. The first-order chi connectivity index (χ1) is 12.4. The molecule has 1 aliphatic heterocycles. The summed E-state index contributed by atoms with van der Waals surface area (Å²) in [5, 5.41) is 5.58. The number of piperidine rings is 1. The highest BCUT2D eigenvalue weighted by Gasteiger charge is 2.19. The van der Waals surface area contributed by atoms with Crippen LogP contribution in [0.1, 0.15) is 19.3 Å². The van der Waals surface area contributed by atoms with Crippen LogP contribution in [0.4, 0.5) is 0 Å². The van der Waals surface area contributed by atoms with E-state index in [1.54, 1.807) is 11.3 Å². The first-order valence-electron chi connectivity index (χ1n) is 8.97. The molecule has 0 bridgehead atoms. The van der Waals surface area contributed by atoms with Crippen LogP contribution in [0.15, 0.2) is 36.0 Å². The number of aryl methyl sites for hydroxylation is 1. The van der Waals surface area contributed by atoms with E-state index in [9.17, 15) is 0 Å². The van der Waals surface area contributed by atoms with Gasteiger partial charge in [-0.3, -0.25) is 4.98 Å². The second kappa shape index (κ2) is 6.28. The van der Waals surface area contributed by atoms with Crippen molar-refractivity contribution in [3.63, 3.8) is 0 Å². The summed E-state index contributed by atoms with van der Waals surface area (Å²) in [6, 6.07) is 6.23. The minimum absolute atomic E-state index is 0.802. The van der Waals surface area contributed by atoms with Crippen LogP contribution in [0.5, 0.6) is 0 Å². The highest BCUT2D eigenvalue weighted by molar-refractivity contribution is 7.18. The summed E-state index contributed by atoms with van der Waals surface area (Å²) < 4.78 is 3.65. The number of hydrogen-bond acceptors (Lipinski definition) is 4. The lowest BCUT2D eigenvalue weighted by molar-refractivity contribution is 0.340. The lowest BCUT2D eigenvalue weighted by Gasteiger charge is -2.23. The van der Waals surface area contributed by atoms with Gasteiger partial charge in [-0.05, 0) is 61.8 Å². The number of thiophene rings is 1. The topological polar surface area (TPSA) is 58.5 Å². The van der Waals surface area contributed by atoms with E-state index >= 15 is 0 Å². The number of H-pyrrole nitrogens is 1. The smallest absolute Gasteiger partial charge is 0.157 e. The minimum Gasteiger partial charge on any atom is -0.359 e. The number of pyridine rings is 1. The Morgan fingerprint density at radius 1 is 1.20 bits per heavy atom. The Hall–Kier alpha value is -2.18. The van der Waals surface area contributed by atoms with Gasteiger partial charge in [0.25, 0.3) is 0 Å². The standard InChI is InChI=1S/C19H21N5S/c1-2-15(21-7-1)19-23-16-12-22-14-6-11-25-18(14)17(16)24(19)10-5-13-3-8-20-9-4-13/h1-2,6-7,11-13,20-21H,3-5,8-10H2. The Kier molecular flexibility index (Phi) is 3.79. The molecule has 0 spiro atoms. The number of imidazole rings is 1. The third kappa shape index (κ3) is 2.65. The zero-order valence-electron chi connectivity index (χ0n) is 14.0. The average molecular weight is 351 g/mol. The number of hydrogen-bond donors (Lipinski definition) is 2. The summed E-state index contributed by atoms with van der Waals surface area (Å²) in [4.78, 5) is 12.8. The maximum atomic E-state index is 4.91. The van der Waals surface area contributed by atoms with E-state index in [0.717, 1.165) is 48.1 Å². The van der Waals surface area contributed by atoms with Gasteiger partial charge >= 0.3 is 0 Å². The molecule has 0 atom stereocenters. The van der Waals surface area contributed by atoms with E-state index in [-0.39, 0.29) is 0 Å². The van der Waals surface area contributed by atoms with Crippen LogP contribution in [0.25, 0.3) is 32.8 Å². The number of rotatable bonds is 4. The van der Waals surface area contributed by atoms with E-state index in [1.807, 2.05) is 18.5 Å². The summed E-state index contributed by atoms with van der Waals surface area (Å²) in [7, 11) is 0. The van der Waals surface area contributed by atoms with Crippen molar-refractivity contribution in [2.24, 2.45) is 5.92 Å². The monoisotopic (exact) mass is 351 g/mol. The van der Waals surface area contributed by atoms with Crippen molar-refractivity contribution >= 4 is 32.6 Å². The number of aromatic nitrogens is 4. The van der Waals surface area contributed by atoms with Gasteiger partial charge in [0.2, 0.25) is 0 Å². The zero-order chi connectivity index (χ0) is 16.6. The van der Waals surface area contributed by atoms with Gasteiger partial charge in [0.1, 0.15) is 5.52 Å². The molecule has 5 heterocycles. The molecule has 5 rings (SSSR count). The maximum Gasteiger partial charge on any atom is 0.157 e. The molecule has 128 valence electrons. The number of nitrogens with zero attached hydrogens (tertiary/aromatic N) is 3. The molecular weight excluding hydrogens is 330 g/mol. The second-order valence-corrected chi connectivity index (χ2v) is 7.70. The number of nitrogens with one attached hydrogen (secondary N) is 2. The lowest BCUT2D eigenvalue weighted by atomic mass is 9.95. The van der Waals surface area contributed by atoms with Gasteiger partial charge in [-0.15, -0.1) is 11.3 Å². The number of fused-ring (bicyclic) bond motifs is 3. The molecule has 25 heavy (non-hydrogen) atoms. The molecule has 0 aliphatic carbocycles. The Bertz CT molecular complexity index is 992. The average Bonchev–Trinajstić information content (AvgIpc) is 3.38. The Labute approximate surface area is 150 Å². The summed E-state index contributed by atoms with van der Waals surface area (Å²) >= 11 is 1.76. The summed E-state index contributed by atoms with van der Waals surface area (Å²) in [6.07, 6.45) is 7.64. The van der Waals surface area contributed by atoms with Gasteiger partial charge in [-0.2, -0.15) is 0 Å². The van der Waals surface area contributed by atoms with Crippen LogP contribution in [0.2, 0.25) is 0 Å². The second-order valence-electron chi connectivity index (χ2n) is 6.78. The molecule has 0 amide bonds. The number of aromatic amines is 1. The minimum atomic E-state index is 0.802. The summed E-state index contributed by atoms with van der Waals surface area (Å²) in [5.74, 6) is 1.83. The first kappa shape index (κ1) is 15.1. The predicted octanol–water partition coefficient (Wildman–Crippen LogP) is 4.03.